The molecule has 1 aromatic carbocycles. The monoisotopic (exact) mass is 274 g/mol. The van der Waals surface area contributed by atoms with Crippen molar-refractivity contribution in [2.45, 2.75) is 13.0 Å². The molecule has 1 aliphatic heterocycles. The number of nitrogen functional groups attached to an aromatic ring is 1. The zero-order valence-corrected chi connectivity index (χ0v) is 12.2. The van der Waals surface area contributed by atoms with E-state index >= 15 is 0 Å². The highest BCUT2D eigenvalue weighted by molar-refractivity contribution is 5.85. The van der Waals surface area contributed by atoms with Crippen LogP contribution in [0.2, 0.25) is 0 Å². The van der Waals surface area contributed by atoms with Gasteiger partial charge in [-0.3, -0.25) is 4.90 Å². The van der Waals surface area contributed by atoms with Gasteiger partial charge in [-0.2, -0.15) is 0 Å². The third kappa shape index (κ3) is 2.78. The Morgan fingerprint density at radius 2 is 2.35 bits per heavy atom. The highest BCUT2D eigenvalue weighted by Crippen LogP contribution is 2.22. The van der Waals surface area contributed by atoms with Gasteiger partial charge in [0, 0.05) is 13.1 Å². The summed E-state index contributed by atoms with van der Waals surface area (Å²) in [7, 11) is 4.31. The van der Waals surface area contributed by atoms with E-state index in [9.17, 15) is 0 Å². The van der Waals surface area contributed by atoms with E-state index in [1.165, 1.54) is 19.5 Å². The van der Waals surface area contributed by atoms with Crippen molar-refractivity contribution in [2.24, 2.45) is 5.92 Å². The Bertz CT molecular complexity index is 595. The molecule has 5 heteroatoms. The zero-order chi connectivity index (χ0) is 14.1. The molecule has 2 N–H and O–H groups in total. The quantitative estimate of drug-likeness (QED) is 0.861. The van der Waals surface area contributed by atoms with E-state index in [-0.39, 0.29) is 0 Å². The summed E-state index contributed by atoms with van der Waals surface area (Å²) in [5.74, 6) is 1.49. The molecule has 1 aromatic heterocycles. The summed E-state index contributed by atoms with van der Waals surface area (Å²) >= 11 is 0. The van der Waals surface area contributed by atoms with Gasteiger partial charge in [0.25, 0.3) is 0 Å². The first-order chi connectivity index (χ1) is 9.61. The number of oxazole rings is 1. The molecule has 1 unspecified atom stereocenters. The van der Waals surface area contributed by atoms with Crippen molar-refractivity contribution in [3.63, 3.8) is 0 Å². The normalized spacial score (nSPS) is 20.2. The molecule has 2 aromatic rings. The molecule has 20 heavy (non-hydrogen) atoms. The number of nitrogens with zero attached hydrogens (tertiary/aromatic N) is 3. The molecule has 0 saturated carbocycles. The smallest absolute Gasteiger partial charge is 0.209 e. The highest BCUT2D eigenvalue weighted by Gasteiger charge is 2.21. The van der Waals surface area contributed by atoms with Gasteiger partial charge < -0.3 is 15.1 Å². The summed E-state index contributed by atoms with van der Waals surface area (Å²) in [6.07, 6.45) is 1.28. The van der Waals surface area contributed by atoms with E-state index in [2.05, 4.69) is 28.9 Å². The van der Waals surface area contributed by atoms with Crippen molar-refractivity contribution in [3.8, 4) is 0 Å². The van der Waals surface area contributed by atoms with Crippen LogP contribution in [0.4, 0.5) is 5.69 Å². The van der Waals surface area contributed by atoms with Crippen LogP contribution in [0.3, 0.4) is 0 Å². The van der Waals surface area contributed by atoms with Gasteiger partial charge in [-0.15, -0.1) is 0 Å². The van der Waals surface area contributed by atoms with E-state index < -0.39 is 0 Å². The first kappa shape index (κ1) is 13.4. The minimum atomic E-state index is 0.678. The number of hydrogen-bond donors (Lipinski definition) is 1. The topological polar surface area (TPSA) is 58.5 Å². The number of benzene rings is 1. The molecule has 0 spiro atoms. The average molecular weight is 274 g/mol. The first-order valence-corrected chi connectivity index (χ1v) is 7.13. The number of para-hydroxylation sites is 1. The molecule has 1 atom stereocenters. The Balaban J connectivity index is 1.65. The SMILES string of the molecule is CN1CCC(CN(C)Cc2nc3c(N)cccc3o2)C1. The minimum Gasteiger partial charge on any atom is -0.439 e. The molecule has 1 saturated heterocycles. The van der Waals surface area contributed by atoms with Crippen LogP contribution >= 0.6 is 0 Å². The molecular weight excluding hydrogens is 252 g/mol. The summed E-state index contributed by atoms with van der Waals surface area (Å²) in [5.41, 5.74) is 8.13. The number of aromatic nitrogens is 1. The van der Waals surface area contributed by atoms with Crippen molar-refractivity contribution >= 4 is 16.8 Å². The number of nitrogens with two attached hydrogens (primary N) is 1. The van der Waals surface area contributed by atoms with E-state index in [1.807, 2.05) is 18.2 Å². The van der Waals surface area contributed by atoms with E-state index in [4.69, 9.17) is 10.2 Å². The molecule has 0 amide bonds. The Labute approximate surface area is 119 Å². The maximum atomic E-state index is 5.91. The van der Waals surface area contributed by atoms with Gasteiger partial charge in [0.15, 0.2) is 5.58 Å². The molecule has 0 radical (unpaired) electrons. The van der Waals surface area contributed by atoms with Crippen LogP contribution < -0.4 is 5.73 Å². The van der Waals surface area contributed by atoms with E-state index in [0.717, 1.165) is 36.0 Å². The van der Waals surface area contributed by atoms with Crippen molar-refractivity contribution in [1.82, 2.24) is 14.8 Å². The summed E-state index contributed by atoms with van der Waals surface area (Å²) in [4.78, 5) is 9.17. The average Bonchev–Trinajstić information content (AvgIpc) is 2.96. The number of anilines is 1. The molecule has 0 aliphatic carbocycles. The fraction of sp³-hybridized carbons (Fsp3) is 0.533. The lowest BCUT2D eigenvalue weighted by atomic mass is 10.1. The molecule has 3 rings (SSSR count). The second-order valence-electron chi connectivity index (χ2n) is 5.92. The molecular formula is C15H22N4O. The number of fused-ring (bicyclic) bond motifs is 1. The summed E-state index contributed by atoms with van der Waals surface area (Å²) in [6.45, 7) is 4.20. The van der Waals surface area contributed by atoms with Crippen LogP contribution in [0.1, 0.15) is 12.3 Å². The van der Waals surface area contributed by atoms with Gasteiger partial charge in [-0.05, 0) is 45.1 Å². The van der Waals surface area contributed by atoms with Gasteiger partial charge in [0.1, 0.15) is 5.52 Å². The first-order valence-electron chi connectivity index (χ1n) is 7.13. The Morgan fingerprint density at radius 3 is 3.05 bits per heavy atom. The van der Waals surface area contributed by atoms with Crippen molar-refractivity contribution in [2.75, 3.05) is 39.5 Å². The summed E-state index contributed by atoms with van der Waals surface area (Å²) in [5, 5.41) is 0. The standard InChI is InChI=1S/C15H22N4O/c1-18-7-6-11(8-18)9-19(2)10-14-17-15-12(16)4-3-5-13(15)20-14/h3-5,11H,6-10,16H2,1-2H3. The number of rotatable bonds is 4. The molecule has 1 fully saturated rings. The van der Waals surface area contributed by atoms with Gasteiger partial charge in [-0.1, -0.05) is 6.07 Å². The van der Waals surface area contributed by atoms with Crippen LogP contribution in [0.15, 0.2) is 22.6 Å². The van der Waals surface area contributed by atoms with Gasteiger partial charge in [0.05, 0.1) is 12.2 Å². The van der Waals surface area contributed by atoms with Crippen molar-refractivity contribution < 1.29 is 4.42 Å². The minimum absolute atomic E-state index is 0.678. The molecule has 0 bridgehead atoms. The Hall–Kier alpha value is -1.59. The lowest BCUT2D eigenvalue weighted by Crippen LogP contribution is -2.27. The van der Waals surface area contributed by atoms with Crippen LogP contribution in [0, 0.1) is 5.92 Å². The maximum absolute atomic E-state index is 5.91. The van der Waals surface area contributed by atoms with Crippen LogP contribution in [-0.4, -0.2) is 48.5 Å². The van der Waals surface area contributed by atoms with Gasteiger partial charge in [0.2, 0.25) is 5.89 Å². The van der Waals surface area contributed by atoms with E-state index in [1.54, 1.807) is 0 Å². The largest absolute Gasteiger partial charge is 0.439 e. The summed E-state index contributed by atoms with van der Waals surface area (Å²) in [6, 6.07) is 5.66. The highest BCUT2D eigenvalue weighted by atomic mass is 16.3. The lowest BCUT2D eigenvalue weighted by Gasteiger charge is -2.19. The number of likely N-dealkylation sites (tertiary alicyclic amines) is 1. The maximum Gasteiger partial charge on any atom is 0.209 e. The lowest BCUT2D eigenvalue weighted by molar-refractivity contribution is 0.247. The third-order valence-corrected chi connectivity index (χ3v) is 3.96. The van der Waals surface area contributed by atoms with Crippen molar-refractivity contribution in [3.05, 3.63) is 24.1 Å². The molecule has 108 valence electrons. The Morgan fingerprint density at radius 1 is 1.50 bits per heavy atom. The van der Waals surface area contributed by atoms with Crippen LogP contribution in [0.25, 0.3) is 11.1 Å². The third-order valence-electron chi connectivity index (χ3n) is 3.96. The fourth-order valence-corrected chi connectivity index (χ4v) is 2.99. The van der Waals surface area contributed by atoms with E-state index in [0.29, 0.717) is 5.69 Å². The predicted octanol–water partition coefficient (Wildman–Crippen LogP) is 1.79. The second kappa shape index (κ2) is 5.42. The number of hydrogen-bond acceptors (Lipinski definition) is 5. The van der Waals surface area contributed by atoms with Gasteiger partial charge in [-0.25, -0.2) is 4.98 Å². The summed E-state index contributed by atoms with van der Waals surface area (Å²) < 4.78 is 5.76. The zero-order valence-electron chi connectivity index (χ0n) is 12.2. The van der Waals surface area contributed by atoms with Crippen LogP contribution in [-0.2, 0) is 6.54 Å². The predicted molar refractivity (Wildman–Crippen MR) is 80.4 cm³/mol. The Kier molecular flexibility index (Phi) is 3.63. The van der Waals surface area contributed by atoms with Crippen molar-refractivity contribution in [1.29, 1.82) is 0 Å². The molecule has 2 heterocycles. The molecule has 1 aliphatic rings. The van der Waals surface area contributed by atoms with Crippen LogP contribution in [0.5, 0.6) is 0 Å². The molecule has 5 nitrogen and oxygen atoms in total. The fourth-order valence-electron chi connectivity index (χ4n) is 2.99. The second-order valence-corrected chi connectivity index (χ2v) is 5.92. The van der Waals surface area contributed by atoms with Gasteiger partial charge >= 0.3 is 0 Å².